The number of nitrogens with zero attached hydrogens (tertiary/aromatic N) is 1. The predicted octanol–water partition coefficient (Wildman–Crippen LogP) is 3.41. The van der Waals surface area contributed by atoms with Gasteiger partial charge in [0.15, 0.2) is 12.0 Å². The lowest BCUT2D eigenvalue weighted by Crippen LogP contribution is -2.02. The van der Waals surface area contributed by atoms with Crippen LogP contribution in [0, 0.1) is 0 Å². The van der Waals surface area contributed by atoms with Crippen LogP contribution in [0.1, 0.15) is 10.5 Å². The van der Waals surface area contributed by atoms with Crippen LogP contribution in [0.15, 0.2) is 28.8 Å². The molecule has 4 nitrogen and oxygen atoms in total. The van der Waals surface area contributed by atoms with E-state index in [1.165, 1.54) is 24.3 Å². The molecular formula is C11H6ClF2NO3. The first-order valence-corrected chi connectivity index (χ1v) is 5.14. The second-order valence-corrected chi connectivity index (χ2v) is 3.69. The molecule has 7 heteroatoms. The van der Waals surface area contributed by atoms with E-state index in [0.29, 0.717) is 11.3 Å². The summed E-state index contributed by atoms with van der Waals surface area (Å²) < 4.78 is 33.6. The van der Waals surface area contributed by atoms with Gasteiger partial charge in [-0.3, -0.25) is 4.79 Å². The summed E-state index contributed by atoms with van der Waals surface area (Å²) in [6, 6.07) is 5.37. The third-order valence-corrected chi connectivity index (χ3v) is 2.31. The van der Waals surface area contributed by atoms with Crippen molar-refractivity contribution in [2.75, 3.05) is 0 Å². The fraction of sp³-hybridized carbons (Fsp3) is 0.0909. The molecule has 0 fully saturated rings. The number of carbonyl (C=O) groups is 1. The van der Waals surface area contributed by atoms with Crippen molar-refractivity contribution in [3.8, 4) is 17.1 Å². The third-order valence-electron chi connectivity index (χ3n) is 2.07. The second kappa shape index (κ2) is 5.14. The number of halogens is 3. The second-order valence-electron chi connectivity index (χ2n) is 3.25. The summed E-state index contributed by atoms with van der Waals surface area (Å²) in [6.45, 7) is -2.97. The van der Waals surface area contributed by atoms with E-state index >= 15 is 0 Å². The topological polar surface area (TPSA) is 52.3 Å². The summed E-state index contributed by atoms with van der Waals surface area (Å²) in [5.41, 5.74) is 0.247. The van der Waals surface area contributed by atoms with Crippen LogP contribution < -0.4 is 4.74 Å². The van der Waals surface area contributed by atoms with E-state index in [2.05, 4.69) is 9.89 Å². The highest BCUT2D eigenvalue weighted by Gasteiger charge is 2.15. The van der Waals surface area contributed by atoms with E-state index in [1.807, 2.05) is 0 Å². The minimum absolute atomic E-state index is 0.0490. The summed E-state index contributed by atoms with van der Waals surface area (Å²) in [5.74, 6) is 0.0123. The van der Waals surface area contributed by atoms with Crippen LogP contribution >= 0.6 is 11.6 Å². The molecule has 94 valence electrons. The Kier molecular flexibility index (Phi) is 3.57. The minimum atomic E-state index is -2.97. The van der Waals surface area contributed by atoms with Crippen molar-refractivity contribution >= 4 is 17.9 Å². The van der Waals surface area contributed by atoms with Crippen LogP contribution in [-0.4, -0.2) is 18.1 Å². The van der Waals surface area contributed by atoms with Crippen molar-refractivity contribution in [1.29, 1.82) is 0 Å². The molecule has 0 atom stereocenters. The van der Waals surface area contributed by atoms with Gasteiger partial charge < -0.3 is 9.26 Å². The van der Waals surface area contributed by atoms with Crippen molar-refractivity contribution in [1.82, 2.24) is 5.16 Å². The van der Waals surface area contributed by atoms with Gasteiger partial charge in [-0.15, -0.1) is 0 Å². The monoisotopic (exact) mass is 273 g/mol. The van der Waals surface area contributed by atoms with Gasteiger partial charge in [0.05, 0.1) is 5.56 Å². The van der Waals surface area contributed by atoms with Crippen molar-refractivity contribution in [3.05, 3.63) is 35.0 Å². The van der Waals surface area contributed by atoms with E-state index in [-0.39, 0.29) is 22.8 Å². The Morgan fingerprint density at radius 3 is 2.78 bits per heavy atom. The fourth-order valence-electron chi connectivity index (χ4n) is 1.36. The molecule has 0 bridgehead atoms. The average molecular weight is 274 g/mol. The Hall–Kier alpha value is -1.95. The van der Waals surface area contributed by atoms with Gasteiger partial charge in [0, 0.05) is 11.1 Å². The number of alkyl halides is 2. The van der Waals surface area contributed by atoms with Crippen LogP contribution in [0.5, 0.6) is 5.75 Å². The number of hydrogen-bond donors (Lipinski definition) is 0. The van der Waals surface area contributed by atoms with E-state index in [4.69, 9.17) is 16.1 Å². The maximum Gasteiger partial charge on any atom is 0.387 e. The quantitative estimate of drug-likeness (QED) is 0.801. The number of rotatable bonds is 4. The molecule has 0 unspecified atom stereocenters. The molecule has 0 amide bonds. The lowest BCUT2D eigenvalue weighted by atomic mass is 10.1. The summed E-state index contributed by atoms with van der Waals surface area (Å²) in [4.78, 5) is 10.5. The molecular weight excluding hydrogens is 268 g/mol. The van der Waals surface area contributed by atoms with Crippen molar-refractivity contribution in [2.45, 2.75) is 6.61 Å². The Balaban J connectivity index is 2.46. The summed E-state index contributed by atoms with van der Waals surface area (Å²) in [5, 5.41) is 3.75. The van der Waals surface area contributed by atoms with Crippen LogP contribution in [0.4, 0.5) is 8.78 Å². The van der Waals surface area contributed by atoms with Gasteiger partial charge in [-0.1, -0.05) is 16.8 Å². The van der Waals surface area contributed by atoms with E-state index < -0.39 is 6.61 Å². The first-order valence-electron chi connectivity index (χ1n) is 4.77. The fourth-order valence-corrected chi connectivity index (χ4v) is 1.54. The predicted molar refractivity (Wildman–Crippen MR) is 59.0 cm³/mol. The molecule has 2 rings (SSSR count). The summed E-state index contributed by atoms with van der Waals surface area (Å²) in [6.07, 6.45) is 0.477. The molecule has 0 saturated carbocycles. The van der Waals surface area contributed by atoms with Gasteiger partial charge in [0.2, 0.25) is 0 Å². The molecule has 0 N–H and O–H groups in total. The van der Waals surface area contributed by atoms with E-state index in [1.54, 1.807) is 0 Å². The van der Waals surface area contributed by atoms with E-state index in [9.17, 15) is 13.6 Å². The Bertz CT molecular complexity index is 571. The Morgan fingerprint density at radius 1 is 1.39 bits per heavy atom. The van der Waals surface area contributed by atoms with Gasteiger partial charge >= 0.3 is 6.61 Å². The van der Waals surface area contributed by atoms with Crippen LogP contribution in [0.25, 0.3) is 11.3 Å². The lowest BCUT2D eigenvalue weighted by molar-refractivity contribution is -0.0495. The smallest absolute Gasteiger partial charge is 0.387 e. The molecule has 1 heterocycles. The van der Waals surface area contributed by atoms with Crippen molar-refractivity contribution < 1.29 is 22.8 Å². The molecule has 2 aromatic rings. The molecule has 18 heavy (non-hydrogen) atoms. The largest absolute Gasteiger partial charge is 0.434 e. The standard InChI is InChI=1S/C11H6ClF2NO3/c12-6-1-2-9(17-11(13)14)8(3-6)10-4-7(5-16)15-18-10/h1-5,11H. The van der Waals surface area contributed by atoms with Gasteiger partial charge in [-0.25, -0.2) is 0 Å². The highest BCUT2D eigenvalue weighted by Crippen LogP contribution is 2.33. The zero-order valence-corrected chi connectivity index (χ0v) is 9.53. The first kappa shape index (κ1) is 12.5. The molecule has 0 aliphatic heterocycles. The number of benzene rings is 1. The molecule has 0 aliphatic rings. The Labute approximate surface area is 105 Å². The summed E-state index contributed by atoms with van der Waals surface area (Å²) in [7, 11) is 0. The number of carbonyl (C=O) groups excluding carboxylic acids is 1. The summed E-state index contributed by atoms with van der Waals surface area (Å²) >= 11 is 5.77. The molecule has 0 radical (unpaired) electrons. The molecule has 0 saturated heterocycles. The first-order chi connectivity index (χ1) is 8.60. The van der Waals surface area contributed by atoms with Crippen molar-refractivity contribution in [2.24, 2.45) is 0 Å². The van der Waals surface area contributed by atoms with Gasteiger partial charge in [0.25, 0.3) is 0 Å². The molecule has 1 aromatic heterocycles. The number of aldehydes is 1. The van der Waals surface area contributed by atoms with Crippen LogP contribution in [-0.2, 0) is 0 Å². The normalized spacial score (nSPS) is 10.7. The average Bonchev–Trinajstić information content (AvgIpc) is 2.79. The third kappa shape index (κ3) is 2.65. The maximum atomic E-state index is 12.2. The van der Waals surface area contributed by atoms with E-state index in [0.717, 1.165) is 0 Å². The highest BCUT2D eigenvalue weighted by molar-refractivity contribution is 6.30. The van der Waals surface area contributed by atoms with Crippen LogP contribution in [0.3, 0.4) is 0 Å². The number of aromatic nitrogens is 1. The van der Waals surface area contributed by atoms with Crippen LogP contribution in [0.2, 0.25) is 5.02 Å². The lowest BCUT2D eigenvalue weighted by Gasteiger charge is -2.08. The van der Waals surface area contributed by atoms with Gasteiger partial charge in [-0.2, -0.15) is 8.78 Å². The van der Waals surface area contributed by atoms with Gasteiger partial charge in [-0.05, 0) is 18.2 Å². The zero-order valence-electron chi connectivity index (χ0n) is 8.77. The minimum Gasteiger partial charge on any atom is -0.434 e. The molecule has 1 aromatic carbocycles. The zero-order chi connectivity index (χ0) is 13.1. The highest BCUT2D eigenvalue weighted by atomic mass is 35.5. The number of ether oxygens (including phenoxy) is 1. The van der Waals surface area contributed by atoms with Gasteiger partial charge in [0.1, 0.15) is 11.4 Å². The maximum absolute atomic E-state index is 12.2. The van der Waals surface area contributed by atoms with Crippen molar-refractivity contribution in [3.63, 3.8) is 0 Å². The SMILES string of the molecule is O=Cc1cc(-c2cc(Cl)ccc2OC(F)F)on1. The molecule has 0 aliphatic carbocycles. The molecule has 0 spiro atoms. The number of hydrogen-bond acceptors (Lipinski definition) is 4. The Morgan fingerprint density at radius 2 is 2.17 bits per heavy atom.